The molecule has 0 fully saturated rings. The largest absolute Gasteiger partial charge is 0.597 e. The lowest BCUT2D eigenvalue weighted by Crippen LogP contribution is -2.19. The summed E-state index contributed by atoms with van der Waals surface area (Å²) in [5.74, 6) is -0.159. The molecule has 0 bridgehead atoms. The molecular weight excluding hydrogens is 322 g/mol. The molecule has 0 unspecified atom stereocenters. The first-order chi connectivity index (χ1) is 12.8. The second-order valence-electron chi connectivity index (χ2n) is 7.01. The van der Waals surface area contributed by atoms with Gasteiger partial charge in [0.15, 0.2) is 0 Å². The number of carbonyl (C=O) groups excluding carboxylic acids is 1. The van der Waals surface area contributed by atoms with Gasteiger partial charge in [-0.15, -0.1) is 0 Å². The van der Waals surface area contributed by atoms with E-state index in [0.717, 1.165) is 18.4 Å². The Hall–Kier alpha value is -1.87. The third-order valence-corrected chi connectivity index (χ3v) is 4.81. The molecule has 0 aromatic heterocycles. The number of hydrogen-bond acceptors (Lipinski definition) is 3. The Bertz CT molecular complexity index is 648. The predicted octanol–water partition coefficient (Wildman–Crippen LogP) is 6.31. The number of carbonyl (C=O) groups is 1. The van der Waals surface area contributed by atoms with Gasteiger partial charge >= 0.3 is 5.97 Å². The van der Waals surface area contributed by atoms with Crippen LogP contribution in [-0.4, -0.2) is 5.97 Å². The first-order valence-electron chi connectivity index (χ1n) is 10.2. The maximum absolute atomic E-state index is 11.8. The van der Waals surface area contributed by atoms with Gasteiger partial charge in [-0.2, -0.15) is 4.84 Å². The minimum absolute atomic E-state index is 0.159. The number of rotatable bonds is 13. The fourth-order valence-electron chi connectivity index (χ4n) is 3.27. The van der Waals surface area contributed by atoms with E-state index in [1.807, 2.05) is 18.2 Å². The van der Waals surface area contributed by atoms with E-state index in [0.29, 0.717) is 13.0 Å². The summed E-state index contributed by atoms with van der Waals surface area (Å²) < 4.78 is 0. The van der Waals surface area contributed by atoms with Crippen LogP contribution in [0.5, 0.6) is 0 Å². The zero-order chi connectivity index (χ0) is 18.5. The minimum Gasteiger partial charge on any atom is -0.199 e. The van der Waals surface area contributed by atoms with Gasteiger partial charge in [-0.3, -0.25) is 0 Å². The van der Waals surface area contributed by atoms with Gasteiger partial charge in [0.1, 0.15) is 6.42 Å². The van der Waals surface area contributed by atoms with Crippen LogP contribution in [0.4, 0.5) is 0 Å². The van der Waals surface area contributed by atoms with Gasteiger partial charge in [-0.05, 0) is 28.2 Å². The van der Waals surface area contributed by atoms with Gasteiger partial charge in [0, 0.05) is 0 Å². The monoisotopic (exact) mass is 355 g/mol. The number of hydrogen-bond donors (Lipinski definition) is 1. The Morgan fingerprint density at radius 3 is 2.27 bits per heavy atom. The summed E-state index contributed by atoms with van der Waals surface area (Å²) in [5, 5.41) is 2.39. The van der Waals surface area contributed by atoms with Crippen molar-refractivity contribution >= 4 is 16.7 Å². The summed E-state index contributed by atoms with van der Waals surface area (Å²) in [6.45, 7) is 2.78. The van der Waals surface area contributed by atoms with E-state index < -0.39 is 0 Å². The van der Waals surface area contributed by atoms with Gasteiger partial charge in [0.05, 0.1) is 11.3 Å². The second-order valence-corrected chi connectivity index (χ2v) is 7.01. The van der Waals surface area contributed by atoms with Gasteiger partial charge in [0.25, 0.3) is 0 Å². The molecule has 0 saturated heterocycles. The van der Waals surface area contributed by atoms with Crippen LogP contribution < -0.4 is 5.48 Å². The van der Waals surface area contributed by atoms with E-state index in [9.17, 15) is 4.79 Å². The molecule has 1 radical (unpaired) electrons. The third-order valence-electron chi connectivity index (χ3n) is 4.81. The number of fused-ring (bicyclic) bond motifs is 1. The molecule has 1 N–H and O–H groups in total. The van der Waals surface area contributed by atoms with Crippen LogP contribution in [0.1, 0.15) is 76.7 Å². The Labute approximate surface area is 158 Å². The van der Waals surface area contributed by atoms with E-state index >= 15 is 0 Å². The molecule has 3 heteroatoms. The molecule has 0 amide bonds. The molecule has 2 aromatic rings. The molecule has 26 heavy (non-hydrogen) atoms. The lowest BCUT2D eigenvalue weighted by Gasteiger charge is -2.04. The molecule has 2 rings (SSSR count). The van der Waals surface area contributed by atoms with E-state index in [1.165, 1.54) is 55.7 Å². The van der Waals surface area contributed by atoms with Crippen LogP contribution in [0, 0.1) is 0 Å². The van der Waals surface area contributed by atoms with E-state index in [4.69, 9.17) is 4.84 Å². The highest BCUT2D eigenvalue weighted by atomic mass is 16.7. The smallest absolute Gasteiger partial charge is 0.199 e. The zero-order valence-electron chi connectivity index (χ0n) is 16.1. The SMILES string of the molecule is CCCCCCCCCCCC(=[O+])ONCc1cccc2ccccc12. The van der Waals surface area contributed by atoms with Crippen molar-refractivity contribution in [1.29, 1.82) is 0 Å². The average molecular weight is 356 g/mol. The Balaban J connectivity index is 1.54. The highest BCUT2D eigenvalue weighted by Crippen LogP contribution is 2.18. The molecule has 0 atom stereocenters. The summed E-state index contributed by atoms with van der Waals surface area (Å²) in [6, 6.07) is 14.4. The molecule has 2 aromatic carbocycles. The average Bonchev–Trinajstić information content (AvgIpc) is 2.67. The van der Waals surface area contributed by atoms with Crippen molar-refractivity contribution in [3.63, 3.8) is 0 Å². The fourth-order valence-corrected chi connectivity index (χ4v) is 3.27. The highest BCUT2D eigenvalue weighted by molar-refractivity contribution is 5.85. The van der Waals surface area contributed by atoms with Crippen molar-refractivity contribution in [2.75, 3.05) is 0 Å². The van der Waals surface area contributed by atoms with Gasteiger partial charge in [-0.1, -0.05) is 101 Å². The van der Waals surface area contributed by atoms with E-state index in [2.05, 4.69) is 36.7 Å². The number of benzene rings is 2. The maximum atomic E-state index is 11.8. The predicted molar refractivity (Wildman–Crippen MR) is 109 cm³/mol. The fraction of sp³-hybridized carbons (Fsp3) is 0.522. The second kappa shape index (κ2) is 12.5. The number of nitrogens with one attached hydrogen (secondary N) is 1. The lowest BCUT2D eigenvalue weighted by atomic mass is 10.1. The van der Waals surface area contributed by atoms with Crippen LogP contribution in [-0.2, 0) is 16.2 Å². The molecule has 0 saturated carbocycles. The molecule has 0 aliphatic carbocycles. The van der Waals surface area contributed by atoms with Crippen molar-refractivity contribution in [2.45, 2.75) is 77.7 Å². The first kappa shape index (κ1) is 20.4. The quantitative estimate of drug-likeness (QED) is 0.260. The lowest BCUT2D eigenvalue weighted by molar-refractivity contribution is -0.151. The van der Waals surface area contributed by atoms with Crippen LogP contribution in [0.2, 0.25) is 0 Å². The van der Waals surface area contributed by atoms with E-state index in [1.54, 1.807) is 0 Å². The molecule has 0 heterocycles. The van der Waals surface area contributed by atoms with Gasteiger partial charge in [0.2, 0.25) is 0 Å². The summed E-state index contributed by atoms with van der Waals surface area (Å²) in [7, 11) is 0. The highest BCUT2D eigenvalue weighted by Gasteiger charge is 2.16. The van der Waals surface area contributed by atoms with Crippen LogP contribution in [0.15, 0.2) is 42.5 Å². The van der Waals surface area contributed by atoms with Crippen LogP contribution >= 0.6 is 0 Å². The third kappa shape index (κ3) is 7.57. The standard InChI is InChI=1S/C23H33NO2/c1-2-3-4-5-6-7-8-9-10-18-23(25)26-24-19-21-16-13-15-20-14-11-12-17-22(20)21/h11-17,24H,2-10,18-19H2,1H3/q+1. The maximum Gasteiger partial charge on any atom is 0.597 e. The topological polar surface area (TPSA) is 41.2 Å². The Morgan fingerprint density at radius 1 is 0.846 bits per heavy atom. The molecule has 141 valence electrons. The minimum atomic E-state index is -0.159. The van der Waals surface area contributed by atoms with Crippen molar-refractivity contribution < 1.29 is 9.63 Å². The molecule has 0 spiro atoms. The van der Waals surface area contributed by atoms with Crippen LogP contribution in [0.25, 0.3) is 10.8 Å². The van der Waals surface area contributed by atoms with E-state index in [-0.39, 0.29) is 5.97 Å². The van der Waals surface area contributed by atoms with Gasteiger partial charge in [-0.25, -0.2) is 0 Å². The summed E-state index contributed by atoms with van der Waals surface area (Å²) in [4.78, 5) is 17.0. The van der Waals surface area contributed by atoms with Crippen LogP contribution in [0.3, 0.4) is 0 Å². The zero-order valence-corrected chi connectivity index (χ0v) is 16.1. The number of hydroxylamine groups is 1. The van der Waals surface area contributed by atoms with Crippen molar-refractivity contribution in [2.24, 2.45) is 0 Å². The molecule has 3 nitrogen and oxygen atoms in total. The Kier molecular flexibility index (Phi) is 9.81. The Morgan fingerprint density at radius 2 is 1.50 bits per heavy atom. The van der Waals surface area contributed by atoms with Crippen molar-refractivity contribution in [1.82, 2.24) is 5.48 Å². The molecular formula is C23H33NO2+. The first-order valence-corrected chi connectivity index (χ1v) is 10.2. The van der Waals surface area contributed by atoms with Crippen molar-refractivity contribution in [3.8, 4) is 0 Å². The molecule has 0 aliphatic heterocycles. The summed E-state index contributed by atoms with van der Waals surface area (Å²) in [5.41, 5.74) is 3.96. The molecule has 0 aliphatic rings. The van der Waals surface area contributed by atoms with Gasteiger partial charge < -0.3 is 0 Å². The van der Waals surface area contributed by atoms with Crippen molar-refractivity contribution in [3.05, 3.63) is 48.0 Å². The summed E-state index contributed by atoms with van der Waals surface area (Å²) in [6.07, 6.45) is 11.8. The normalized spacial score (nSPS) is 11.0. The number of unbranched alkanes of at least 4 members (excludes halogenated alkanes) is 8. The summed E-state index contributed by atoms with van der Waals surface area (Å²) >= 11 is 0.